The molecule has 0 saturated heterocycles. The first-order valence-electron chi connectivity index (χ1n) is 11.7. The van der Waals surface area contributed by atoms with E-state index >= 15 is 0 Å². The number of halogens is 6. The summed E-state index contributed by atoms with van der Waals surface area (Å²) in [6, 6.07) is 29.4. The number of carbonyl (C=O) groups excluding carboxylic acids is 2. The van der Waals surface area contributed by atoms with Crippen LogP contribution in [-0.2, 0) is 0 Å². The second-order valence-electron chi connectivity index (χ2n) is 8.17. The van der Waals surface area contributed by atoms with Crippen LogP contribution in [0.5, 0.6) is 0 Å². The summed E-state index contributed by atoms with van der Waals surface area (Å²) in [5, 5.41) is 8.44. The second-order valence-corrected chi connectivity index (χ2v) is 12.5. The van der Waals surface area contributed by atoms with Crippen LogP contribution < -0.4 is 0 Å². The number of nitrogens with zero attached hydrogens (tertiary/aromatic N) is 2. The normalized spacial score (nSPS) is 11.4. The maximum atomic E-state index is 12.0. The maximum Gasteiger partial charge on any atom is 0.163 e. The molecule has 0 radical (unpaired) electrons. The van der Waals surface area contributed by atoms with E-state index in [1.54, 1.807) is 24.3 Å². The van der Waals surface area contributed by atoms with Crippen LogP contribution in [-0.4, -0.2) is 21.9 Å². The summed E-state index contributed by atoms with van der Waals surface area (Å²) in [4.78, 5) is 24.0. The zero-order valence-electron chi connectivity index (χ0n) is 20.6. The average molecular weight is 831 g/mol. The lowest BCUT2D eigenvalue weighted by molar-refractivity contribution is 0.0917. The molecule has 0 aliphatic rings. The van der Waals surface area contributed by atoms with Crippen LogP contribution in [0.25, 0.3) is 0 Å². The molecule has 0 fully saturated rings. The van der Waals surface area contributed by atoms with Gasteiger partial charge >= 0.3 is 0 Å². The van der Waals surface area contributed by atoms with Gasteiger partial charge in [-0.15, -0.1) is 10.2 Å². The topological polar surface area (TPSA) is 58.9 Å². The first-order chi connectivity index (χ1) is 19.1. The van der Waals surface area contributed by atoms with E-state index in [-0.39, 0.29) is 34.7 Å². The summed E-state index contributed by atoms with van der Waals surface area (Å²) in [5.41, 5.74) is 2.79. The smallest absolute Gasteiger partial charge is 0.163 e. The number of carbonyl (C=O) groups is 2. The van der Waals surface area contributed by atoms with Crippen molar-refractivity contribution < 1.29 is 9.59 Å². The van der Waals surface area contributed by atoms with Gasteiger partial charge in [-0.3, -0.25) is 9.59 Å². The molecule has 0 spiro atoms. The monoisotopic (exact) mass is 826 g/mol. The van der Waals surface area contributed by atoms with Crippen molar-refractivity contribution in [2.24, 2.45) is 10.2 Å². The Kier molecular flexibility index (Phi) is 13.4. The van der Waals surface area contributed by atoms with Gasteiger partial charge in [-0.25, -0.2) is 0 Å². The highest BCUT2D eigenvalue weighted by Crippen LogP contribution is 2.18. The van der Waals surface area contributed by atoms with Crippen molar-refractivity contribution in [1.29, 1.82) is 0 Å². The summed E-state index contributed by atoms with van der Waals surface area (Å²) < 4.78 is 3.57. The van der Waals surface area contributed by atoms with Gasteiger partial charge in [0.1, 0.15) is 0 Å². The van der Waals surface area contributed by atoms with Gasteiger partial charge in [0.15, 0.2) is 21.9 Å². The minimum absolute atomic E-state index is 0.0188. The summed E-state index contributed by atoms with van der Waals surface area (Å²) in [7, 11) is 0. The van der Waals surface area contributed by atoms with Crippen molar-refractivity contribution in [3.63, 3.8) is 0 Å². The molecule has 0 aliphatic carbocycles. The van der Waals surface area contributed by atoms with Gasteiger partial charge in [0.25, 0.3) is 0 Å². The van der Waals surface area contributed by atoms with E-state index in [1.165, 1.54) is 0 Å². The number of benzene rings is 4. The molecular weight excluding hydrogens is 811 g/mol. The van der Waals surface area contributed by atoms with E-state index in [1.807, 2.05) is 72.8 Å². The van der Waals surface area contributed by atoms with Crippen LogP contribution in [0.4, 0.5) is 0 Å². The Balaban J connectivity index is 0.000000220. The molecule has 0 unspecified atom stereocenters. The van der Waals surface area contributed by atoms with E-state index in [9.17, 15) is 9.59 Å². The van der Waals surface area contributed by atoms with Crippen LogP contribution in [0.1, 0.15) is 44.7 Å². The standard InChI is InChI=1S/C16H12Br2O2.C14H8Br2Cl2N2/c17-13-5-1-3-11(9-13)15(19)7-8-16(20)12-4-2-6-14(18)10-12;15-11-5-1-3-9(7-11)13(17)19-20-14(18)10-4-2-6-12(16)8-10/h1-6,9-10H,7-8H2;1-8H. The molecule has 0 aliphatic heterocycles. The molecule has 4 aromatic carbocycles. The number of ketones is 2. The zero-order chi connectivity index (χ0) is 29.1. The summed E-state index contributed by atoms with van der Waals surface area (Å²) in [6.07, 6.45) is 0.448. The van der Waals surface area contributed by atoms with Crippen molar-refractivity contribution >= 4 is 109 Å². The molecule has 0 bridgehead atoms. The fourth-order valence-electron chi connectivity index (χ4n) is 3.28. The number of hydrogen-bond acceptors (Lipinski definition) is 4. The molecule has 0 N–H and O–H groups in total. The third-order valence-corrected chi connectivity index (χ3v) is 7.78. The van der Waals surface area contributed by atoms with Gasteiger partial charge in [0.05, 0.1) is 0 Å². The number of rotatable bonds is 8. The van der Waals surface area contributed by atoms with Crippen molar-refractivity contribution in [2.45, 2.75) is 12.8 Å². The average Bonchev–Trinajstić information content (AvgIpc) is 2.94. The van der Waals surface area contributed by atoms with E-state index in [4.69, 9.17) is 23.2 Å². The van der Waals surface area contributed by atoms with Gasteiger partial charge in [0.2, 0.25) is 0 Å². The summed E-state index contributed by atoms with van der Waals surface area (Å²) in [5.74, 6) is -0.0377. The third-order valence-electron chi connectivity index (χ3n) is 5.22. The van der Waals surface area contributed by atoms with Gasteiger partial charge < -0.3 is 0 Å². The van der Waals surface area contributed by atoms with Crippen molar-refractivity contribution in [1.82, 2.24) is 0 Å². The van der Waals surface area contributed by atoms with E-state index in [0.717, 1.165) is 29.0 Å². The van der Waals surface area contributed by atoms with Crippen molar-refractivity contribution in [2.75, 3.05) is 0 Å². The van der Waals surface area contributed by atoms with Crippen LogP contribution in [0.2, 0.25) is 0 Å². The Hall–Kier alpha value is -1.94. The summed E-state index contributed by atoms with van der Waals surface area (Å²) in [6.45, 7) is 0. The SMILES string of the molecule is ClC(=NN=C(Cl)c1cccc(Br)c1)c1cccc(Br)c1.O=C(CCC(=O)c1cccc(Br)c1)c1cccc(Br)c1. The molecule has 0 heterocycles. The first kappa shape index (κ1) is 32.6. The third kappa shape index (κ3) is 10.8. The zero-order valence-corrected chi connectivity index (χ0v) is 28.5. The van der Waals surface area contributed by atoms with Gasteiger partial charge in [-0.2, -0.15) is 0 Å². The molecule has 4 nitrogen and oxygen atoms in total. The van der Waals surface area contributed by atoms with Crippen molar-refractivity contribution in [3.8, 4) is 0 Å². The van der Waals surface area contributed by atoms with Crippen LogP contribution in [0.15, 0.2) is 125 Å². The molecule has 0 saturated carbocycles. The van der Waals surface area contributed by atoms with Crippen molar-refractivity contribution in [3.05, 3.63) is 137 Å². The predicted octanol–water partition coefficient (Wildman–Crippen LogP) is 10.9. The Labute approximate surface area is 276 Å². The lowest BCUT2D eigenvalue weighted by atomic mass is 10.0. The largest absolute Gasteiger partial charge is 0.294 e. The fourth-order valence-corrected chi connectivity index (χ4v) is 5.18. The minimum atomic E-state index is -0.0188. The van der Waals surface area contributed by atoms with Gasteiger partial charge in [-0.05, 0) is 48.5 Å². The predicted molar refractivity (Wildman–Crippen MR) is 179 cm³/mol. The van der Waals surface area contributed by atoms with E-state index in [0.29, 0.717) is 11.1 Å². The van der Waals surface area contributed by atoms with Gasteiger partial charge in [-0.1, -0.05) is 135 Å². The Bertz CT molecular complexity index is 1460. The summed E-state index contributed by atoms with van der Waals surface area (Å²) >= 11 is 25.6. The van der Waals surface area contributed by atoms with Gasteiger partial charge in [0, 0.05) is 53.0 Å². The molecule has 0 aromatic heterocycles. The highest BCUT2D eigenvalue weighted by molar-refractivity contribution is 9.11. The van der Waals surface area contributed by atoms with Crippen LogP contribution in [0, 0.1) is 0 Å². The molecule has 4 aromatic rings. The number of Topliss-reactive ketones (excluding diaryl/α,β-unsaturated/α-hetero) is 2. The molecule has 10 heteroatoms. The van der Waals surface area contributed by atoms with Crippen LogP contribution in [0.3, 0.4) is 0 Å². The number of hydrogen-bond donors (Lipinski definition) is 0. The molecule has 0 atom stereocenters. The molecule has 0 amide bonds. The van der Waals surface area contributed by atoms with E-state index in [2.05, 4.69) is 73.9 Å². The minimum Gasteiger partial charge on any atom is -0.294 e. The lowest BCUT2D eigenvalue weighted by Crippen LogP contribution is -2.05. The highest BCUT2D eigenvalue weighted by atomic mass is 79.9. The molecular formula is C30H20Br4Cl2N2O2. The quantitative estimate of drug-likeness (QED) is 0.101. The molecule has 40 heavy (non-hydrogen) atoms. The Morgan fingerprint density at radius 2 is 0.775 bits per heavy atom. The Morgan fingerprint density at radius 1 is 0.500 bits per heavy atom. The van der Waals surface area contributed by atoms with E-state index < -0.39 is 0 Å². The fraction of sp³-hybridized carbons (Fsp3) is 0.0667. The second kappa shape index (κ2) is 16.5. The molecule has 4 rings (SSSR count). The Morgan fingerprint density at radius 3 is 1.07 bits per heavy atom. The maximum absolute atomic E-state index is 12.0. The first-order valence-corrected chi connectivity index (χ1v) is 15.6. The molecule has 204 valence electrons. The van der Waals surface area contributed by atoms with Crippen LogP contribution >= 0.6 is 86.9 Å². The highest BCUT2D eigenvalue weighted by Gasteiger charge is 2.11. The lowest BCUT2D eigenvalue weighted by Gasteiger charge is -2.03.